The third-order valence-electron chi connectivity index (χ3n) is 4.62. The molecule has 1 fully saturated rings. The number of nitrogens with zero attached hydrogens (tertiary/aromatic N) is 1. The van der Waals surface area contributed by atoms with E-state index >= 15 is 0 Å². The first-order valence-corrected chi connectivity index (χ1v) is 10.6. The number of carbonyl (C=O) groups excluding carboxylic acids is 1. The SMILES string of the molecule is COc1cccc(C(=O)N(Cc2c(F)cccc2Cl)C2CCS(=O)(=O)C2)c1. The van der Waals surface area contributed by atoms with Crippen LogP contribution < -0.4 is 4.74 Å². The van der Waals surface area contributed by atoms with E-state index in [-0.39, 0.29) is 28.6 Å². The number of halogens is 2. The predicted molar refractivity (Wildman–Crippen MR) is 101 cm³/mol. The van der Waals surface area contributed by atoms with Crippen LogP contribution in [0.2, 0.25) is 5.02 Å². The lowest BCUT2D eigenvalue weighted by atomic mass is 10.1. The summed E-state index contributed by atoms with van der Waals surface area (Å²) in [7, 11) is -1.74. The Morgan fingerprint density at radius 2 is 2.04 bits per heavy atom. The molecule has 3 rings (SSSR count). The molecule has 0 spiro atoms. The highest BCUT2D eigenvalue weighted by Crippen LogP contribution is 2.27. The van der Waals surface area contributed by atoms with E-state index in [1.165, 1.54) is 24.1 Å². The Labute approximate surface area is 162 Å². The van der Waals surface area contributed by atoms with Gasteiger partial charge in [0.1, 0.15) is 11.6 Å². The van der Waals surface area contributed by atoms with E-state index in [9.17, 15) is 17.6 Å². The van der Waals surface area contributed by atoms with Crippen molar-refractivity contribution >= 4 is 27.3 Å². The molecule has 0 bridgehead atoms. The smallest absolute Gasteiger partial charge is 0.254 e. The number of carbonyl (C=O) groups is 1. The van der Waals surface area contributed by atoms with E-state index in [1.807, 2.05) is 0 Å². The Kier molecular flexibility index (Phi) is 5.72. The Hall–Kier alpha value is -2.12. The summed E-state index contributed by atoms with van der Waals surface area (Å²) in [5.41, 5.74) is 0.505. The Morgan fingerprint density at radius 3 is 2.67 bits per heavy atom. The van der Waals surface area contributed by atoms with Crippen molar-refractivity contribution in [3.63, 3.8) is 0 Å². The minimum absolute atomic E-state index is 0.00453. The largest absolute Gasteiger partial charge is 0.497 e. The molecule has 27 heavy (non-hydrogen) atoms. The monoisotopic (exact) mass is 411 g/mol. The van der Waals surface area contributed by atoms with Crippen molar-refractivity contribution in [2.75, 3.05) is 18.6 Å². The van der Waals surface area contributed by atoms with Gasteiger partial charge in [-0.3, -0.25) is 4.79 Å². The van der Waals surface area contributed by atoms with Crippen molar-refractivity contribution in [2.45, 2.75) is 19.0 Å². The van der Waals surface area contributed by atoms with Gasteiger partial charge in [0.25, 0.3) is 5.91 Å². The summed E-state index contributed by atoms with van der Waals surface area (Å²) >= 11 is 6.12. The summed E-state index contributed by atoms with van der Waals surface area (Å²) in [4.78, 5) is 14.5. The maximum Gasteiger partial charge on any atom is 0.254 e. The summed E-state index contributed by atoms with van der Waals surface area (Å²) in [6, 6.07) is 10.3. The Balaban J connectivity index is 1.98. The van der Waals surface area contributed by atoms with Gasteiger partial charge in [-0.1, -0.05) is 23.7 Å². The molecular weight excluding hydrogens is 393 g/mol. The highest BCUT2D eigenvalue weighted by atomic mass is 35.5. The third kappa shape index (κ3) is 4.42. The van der Waals surface area contributed by atoms with Crippen LogP contribution >= 0.6 is 11.6 Å². The first kappa shape index (κ1) is 19.6. The summed E-state index contributed by atoms with van der Waals surface area (Å²) in [6.45, 7) is -0.109. The summed E-state index contributed by atoms with van der Waals surface area (Å²) < 4.78 is 43.3. The van der Waals surface area contributed by atoms with E-state index in [0.717, 1.165) is 0 Å². The number of sulfone groups is 1. The summed E-state index contributed by atoms with van der Waals surface area (Å²) in [5, 5.41) is 0.194. The van der Waals surface area contributed by atoms with Crippen LogP contribution in [-0.2, 0) is 16.4 Å². The number of benzene rings is 2. The summed E-state index contributed by atoms with van der Waals surface area (Å²) in [5.74, 6) is -0.565. The molecule has 1 aliphatic heterocycles. The quantitative estimate of drug-likeness (QED) is 0.757. The standard InChI is InChI=1S/C19H19ClFNO4S/c1-26-15-5-2-4-13(10-15)19(23)22(14-8-9-27(24,25)12-14)11-16-17(20)6-3-7-18(16)21/h2-7,10,14H,8-9,11-12H2,1H3. The van der Waals surface area contributed by atoms with Crippen molar-refractivity contribution in [1.29, 1.82) is 0 Å². The van der Waals surface area contributed by atoms with E-state index in [0.29, 0.717) is 17.7 Å². The van der Waals surface area contributed by atoms with E-state index in [1.54, 1.807) is 30.3 Å². The van der Waals surface area contributed by atoms with E-state index in [2.05, 4.69) is 0 Å². The maximum absolute atomic E-state index is 14.3. The highest BCUT2D eigenvalue weighted by Gasteiger charge is 2.35. The topological polar surface area (TPSA) is 63.7 Å². The van der Waals surface area contributed by atoms with Crippen molar-refractivity contribution in [2.24, 2.45) is 0 Å². The molecule has 2 aromatic carbocycles. The van der Waals surface area contributed by atoms with Gasteiger partial charge in [-0.05, 0) is 36.8 Å². The van der Waals surface area contributed by atoms with Crippen molar-refractivity contribution in [3.05, 3.63) is 64.4 Å². The van der Waals surface area contributed by atoms with Crippen LogP contribution in [-0.4, -0.2) is 43.9 Å². The number of ether oxygens (including phenoxy) is 1. The molecule has 0 N–H and O–H groups in total. The molecule has 5 nitrogen and oxygen atoms in total. The van der Waals surface area contributed by atoms with Gasteiger partial charge in [0.15, 0.2) is 9.84 Å². The van der Waals surface area contributed by atoms with E-state index in [4.69, 9.17) is 16.3 Å². The lowest BCUT2D eigenvalue weighted by Crippen LogP contribution is -2.41. The Bertz CT molecular complexity index is 944. The molecule has 1 unspecified atom stereocenters. The molecule has 144 valence electrons. The molecule has 1 saturated heterocycles. The molecular formula is C19H19ClFNO4S. The van der Waals surface area contributed by atoms with Crippen molar-refractivity contribution < 1.29 is 22.3 Å². The van der Waals surface area contributed by atoms with Gasteiger partial charge in [-0.25, -0.2) is 12.8 Å². The van der Waals surface area contributed by atoms with Crippen LogP contribution in [0.1, 0.15) is 22.3 Å². The second-order valence-electron chi connectivity index (χ2n) is 6.42. The number of hydrogen-bond donors (Lipinski definition) is 0. The zero-order valence-corrected chi connectivity index (χ0v) is 16.3. The first-order valence-electron chi connectivity index (χ1n) is 8.39. The number of amides is 1. The van der Waals surface area contributed by atoms with Crippen LogP contribution in [0.5, 0.6) is 5.75 Å². The molecule has 0 radical (unpaired) electrons. The van der Waals surface area contributed by atoms with Crippen LogP contribution in [0.15, 0.2) is 42.5 Å². The molecule has 8 heteroatoms. The zero-order chi connectivity index (χ0) is 19.6. The van der Waals surface area contributed by atoms with Crippen LogP contribution in [0.4, 0.5) is 4.39 Å². The maximum atomic E-state index is 14.3. The minimum atomic E-state index is -3.23. The van der Waals surface area contributed by atoms with Gasteiger partial charge in [-0.15, -0.1) is 0 Å². The fourth-order valence-electron chi connectivity index (χ4n) is 3.16. The fourth-order valence-corrected chi connectivity index (χ4v) is 5.12. The molecule has 0 aliphatic carbocycles. The minimum Gasteiger partial charge on any atom is -0.497 e. The van der Waals surface area contributed by atoms with Gasteiger partial charge in [-0.2, -0.15) is 0 Å². The molecule has 1 heterocycles. The second kappa shape index (κ2) is 7.86. The van der Waals surface area contributed by atoms with Crippen molar-refractivity contribution in [3.8, 4) is 5.75 Å². The average molecular weight is 412 g/mol. The first-order chi connectivity index (χ1) is 12.8. The molecule has 1 aliphatic rings. The zero-order valence-electron chi connectivity index (χ0n) is 14.7. The predicted octanol–water partition coefficient (Wildman–Crippen LogP) is 3.32. The van der Waals surface area contributed by atoms with Crippen LogP contribution in [0.3, 0.4) is 0 Å². The summed E-state index contributed by atoms with van der Waals surface area (Å²) in [6.07, 6.45) is 0.310. The molecule has 0 saturated carbocycles. The third-order valence-corrected chi connectivity index (χ3v) is 6.72. The molecule has 2 aromatic rings. The highest BCUT2D eigenvalue weighted by molar-refractivity contribution is 7.91. The number of methoxy groups -OCH3 is 1. The normalized spacial score (nSPS) is 18.3. The molecule has 1 amide bonds. The van der Waals surface area contributed by atoms with Crippen LogP contribution in [0.25, 0.3) is 0 Å². The van der Waals surface area contributed by atoms with Gasteiger partial charge >= 0.3 is 0 Å². The molecule has 1 atom stereocenters. The van der Waals surface area contributed by atoms with E-state index < -0.39 is 27.6 Å². The second-order valence-corrected chi connectivity index (χ2v) is 9.06. The number of hydrogen-bond acceptors (Lipinski definition) is 4. The van der Waals surface area contributed by atoms with Gasteiger partial charge in [0.05, 0.1) is 25.2 Å². The lowest BCUT2D eigenvalue weighted by Gasteiger charge is -2.29. The van der Waals surface area contributed by atoms with Crippen molar-refractivity contribution in [1.82, 2.24) is 4.90 Å². The van der Waals surface area contributed by atoms with Gasteiger partial charge < -0.3 is 9.64 Å². The lowest BCUT2D eigenvalue weighted by molar-refractivity contribution is 0.0678. The number of rotatable bonds is 5. The fraction of sp³-hybridized carbons (Fsp3) is 0.316. The van der Waals surface area contributed by atoms with Gasteiger partial charge in [0, 0.05) is 22.2 Å². The van der Waals surface area contributed by atoms with Gasteiger partial charge in [0.2, 0.25) is 0 Å². The average Bonchev–Trinajstić information content (AvgIpc) is 3.00. The van der Waals surface area contributed by atoms with Crippen LogP contribution in [0, 0.1) is 5.82 Å². The molecule has 0 aromatic heterocycles. The Morgan fingerprint density at radius 1 is 1.30 bits per heavy atom.